The van der Waals surface area contributed by atoms with Crippen LogP contribution in [-0.2, 0) is 4.79 Å². The molecule has 0 amide bonds. The van der Waals surface area contributed by atoms with E-state index in [1.54, 1.807) is 6.20 Å². The second kappa shape index (κ2) is 4.37. The van der Waals surface area contributed by atoms with Crippen LogP contribution in [0.4, 0.5) is 0 Å². The van der Waals surface area contributed by atoms with Crippen molar-refractivity contribution in [1.82, 2.24) is 5.32 Å². The molecule has 0 saturated heterocycles. The Hall–Kier alpha value is -0.790. The number of allylic oxidation sites excluding steroid dienone is 1. The summed E-state index contributed by atoms with van der Waals surface area (Å²) >= 11 is 0. The zero-order valence-corrected chi connectivity index (χ0v) is 5.22. The highest BCUT2D eigenvalue weighted by atomic mass is 16.1. The summed E-state index contributed by atoms with van der Waals surface area (Å²) in [6.45, 7) is 4.02. The van der Waals surface area contributed by atoms with E-state index in [1.807, 2.05) is 13.8 Å². The molecular weight excluding hydrogens is 102 g/mol. The van der Waals surface area contributed by atoms with E-state index in [0.717, 1.165) is 6.29 Å². The maximum absolute atomic E-state index is 9.66. The minimum absolute atomic E-state index is 0.409. The third-order valence-corrected chi connectivity index (χ3v) is 0.604. The molecule has 0 fully saturated rings. The van der Waals surface area contributed by atoms with Crippen molar-refractivity contribution in [1.29, 1.82) is 0 Å². The Kier molecular flexibility index (Phi) is 3.94. The van der Waals surface area contributed by atoms with Crippen molar-refractivity contribution < 1.29 is 4.79 Å². The highest BCUT2D eigenvalue weighted by Gasteiger charge is 1.80. The third kappa shape index (κ3) is 5.21. The van der Waals surface area contributed by atoms with Gasteiger partial charge >= 0.3 is 0 Å². The third-order valence-electron chi connectivity index (χ3n) is 0.604. The molecule has 2 nitrogen and oxygen atoms in total. The first-order valence-corrected chi connectivity index (χ1v) is 2.63. The van der Waals surface area contributed by atoms with E-state index in [9.17, 15) is 4.79 Å². The quantitative estimate of drug-likeness (QED) is 0.431. The molecule has 0 bridgehead atoms. The van der Waals surface area contributed by atoms with Gasteiger partial charge in [-0.2, -0.15) is 0 Å². The summed E-state index contributed by atoms with van der Waals surface area (Å²) < 4.78 is 0. The predicted molar refractivity (Wildman–Crippen MR) is 33.5 cm³/mol. The summed E-state index contributed by atoms with van der Waals surface area (Å²) in [6.07, 6.45) is 3.81. The van der Waals surface area contributed by atoms with Gasteiger partial charge in [0.2, 0.25) is 0 Å². The molecule has 0 atom stereocenters. The summed E-state index contributed by atoms with van der Waals surface area (Å²) in [5.41, 5.74) is 0. The van der Waals surface area contributed by atoms with Crippen molar-refractivity contribution in [2.45, 2.75) is 19.9 Å². The van der Waals surface area contributed by atoms with Gasteiger partial charge in [-0.1, -0.05) is 0 Å². The maximum Gasteiger partial charge on any atom is 0.144 e. The number of hydrogen-bond donors (Lipinski definition) is 1. The van der Waals surface area contributed by atoms with Crippen LogP contribution >= 0.6 is 0 Å². The Labute approximate surface area is 49.6 Å². The molecule has 0 aliphatic rings. The van der Waals surface area contributed by atoms with E-state index in [-0.39, 0.29) is 0 Å². The van der Waals surface area contributed by atoms with Crippen LogP contribution < -0.4 is 5.32 Å². The van der Waals surface area contributed by atoms with E-state index in [0.29, 0.717) is 6.04 Å². The van der Waals surface area contributed by atoms with Gasteiger partial charge in [-0.05, 0) is 26.1 Å². The maximum atomic E-state index is 9.66. The van der Waals surface area contributed by atoms with Crippen molar-refractivity contribution in [2.24, 2.45) is 0 Å². The summed E-state index contributed by atoms with van der Waals surface area (Å²) in [4.78, 5) is 9.66. The van der Waals surface area contributed by atoms with Crippen LogP contribution in [-0.4, -0.2) is 12.3 Å². The molecule has 0 aromatic rings. The van der Waals surface area contributed by atoms with Crippen molar-refractivity contribution in [2.75, 3.05) is 0 Å². The van der Waals surface area contributed by atoms with Gasteiger partial charge < -0.3 is 5.32 Å². The summed E-state index contributed by atoms with van der Waals surface area (Å²) in [6, 6.07) is 0.409. The largest absolute Gasteiger partial charge is 0.389 e. The fourth-order valence-electron chi connectivity index (χ4n) is 0.287. The lowest BCUT2D eigenvalue weighted by Crippen LogP contribution is -2.14. The van der Waals surface area contributed by atoms with Crippen LogP contribution in [0.3, 0.4) is 0 Å². The number of rotatable bonds is 3. The zero-order chi connectivity index (χ0) is 6.41. The van der Waals surface area contributed by atoms with Crippen LogP contribution in [0, 0.1) is 0 Å². The van der Waals surface area contributed by atoms with Gasteiger partial charge in [0.05, 0.1) is 0 Å². The number of nitrogens with one attached hydrogen (secondary N) is 1. The van der Waals surface area contributed by atoms with Gasteiger partial charge in [0.1, 0.15) is 6.29 Å². The first-order chi connectivity index (χ1) is 3.77. The van der Waals surface area contributed by atoms with Gasteiger partial charge in [-0.15, -0.1) is 0 Å². The van der Waals surface area contributed by atoms with Gasteiger partial charge in [0.25, 0.3) is 0 Å². The fraction of sp³-hybridized carbons (Fsp3) is 0.500. The Bertz CT molecular complexity index is 86.5. The standard InChI is InChI=1S/C6H11NO/c1-6(2)7-4-3-5-8/h3-7H,1-2H3. The number of carbonyl (C=O) groups is 1. The number of aldehydes is 1. The average Bonchev–Trinajstić information content (AvgIpc) is 1.66. The first-order valence-electron chi connectivity index (χ1n) is 2.63. The highest BCUT2D eigenvalue weighted by molar-refractivity contribution is 5.64. The van der Waals surface area contributed by atoms with Gasteiger partial charge in [-0.3, -0.25) is 4.79 Å². The molecule has 0 radical (unpaired) electrons. The highest BCUT2D eigenvalue weighted by Crippen LogP contribution is 1.73. The Morgan fingerprint density at radius 1 is 1.50 bits per heavy atom. The zero-order valence-electron chi connectivity index (χ0n) is 5.22. The van der Waals surface area contributed by atoms with Crippen LogP contribution in [0.2, 0.25) is 0 Å². The molecule has 0 aliphatic carbocycles. The van der Waals surface area contributed by atoms with E-state index in [2.05, 4.69) is 5.32 Å². The molecular formula is C6H11NO. The molecule has 0 rings (SSSR count). The Morgan fingerprint density at radius 2 is 2.12 bits per heavy atom. The van der Waals surface area contributed by atoms with Crippen molar-refractivity contribution >= 4 is 6.29 Å². The fourth-order valence-corrected chi connectivity index (χ4v) is 0.287. The monoisotopic (exact) mass is 113 g/mol. The predicted octanol–water partition coefficient (Wildman–Crippen LogP) is 0.697. The van der Waals surface area contributed by atoms with Crippen LogP contribution in [0.1, 0.15) is 13.8 Å². The molecule has 0 spiro atoms. The molecule has 46 valence electrons. The normalized spacial score (nSPS) is 10.4. The summed E-state index contributed by atoms with van der Waals surface area (Å²) in [7, 11) is 0. The molecule has 0 heterocycles. The van der Waals surface area contributed by atoms with Gasteiger partial charge in [0.15, 0.2) is 0 Å². The van der Waals surface area contributed by atoms with E-state index in [1.165, 1.54) is 6.08 Å². The number of carbonyl (C=O) groups excluding carboxylic acids is 1. The van der Waals surface area contributed by atoms with Crippen LogP contribution in [0.15, 0.2) is 12.3 Å². The SMILES string of the molecule is CC(C)NC=CC=O. The lowest BCUT2D eigenvalue weighted by Gasteiger charge is -2.00. The van der Waals surface area contributed by atoms with Gasteiger partial charge in [0, 0.05) is 6.04 Å². The summed E-state index contributed by atoms with van der Waals surface area (Å²) in [5.74, 6) is 0. The van der Waals surface area contributed by atoms with E-state index in [4.69, 9.17) is 0 Å². The average molecular weight is 113 g/mol. The second-order valence-corrected chi connectivity index (χ2v) is 1.82. The second-order valence-electron chi connectivity index (χ2n) is 1.82. The number of hydrogen-bond acceptors (Lipinski definition) is 2. The molecule has 1 N–H and O–H groups in total. The van der Waals surface area contributed by atoms with Gasteiger partial charge in [-0.25, -0.2) is 0 Å². The molecule has 0 aromatic carbocycles. The molecule has 0 unspecified atom stereocenters. The van der Waals surface area contributed by atoms with E-state index >= 15 is 0 Å². The molecule has 8 heavy (non-hydrogen) atoms. The first kappa shape index (κ1) is 7.21. The molecule has 0 saturated carbocycles. The minimum Gasteiger partial charge on any atom is -0.389 e. The van der Waals surface area contributed by atoms with Crippen molar-refractivity contribution in [3.05, 3.63) is 12.3 Å². The Morgan fingerprint density at radius 3 is 2.50 bits per heavy atom. The van der Waals surface area contributed by atoms with E-state index < -0.39 is 0 Å². The summed E-state index contributed by atoms with van der Waals surface area (Å²) in [5, 5.41) is 2.93. The molecule has 0 aliphatic heterocycles. The lowest BCUT2D eigenvalue weighted by molar-refractivity contribution is -0.104. The minimum atomic E-state index is 0.409. The van der Waals surface area contributed by atoms with Crippen LogP contribution in [0.5, 0.6) is 0 Å². The smallest absolute Gasteiger partial charge is 0.144 e. The van der Waals surface area contributed by atoms with Crippen molar-refractivity contribution in [3.8, 4) is 0 Å². The Balaban J connectivity index is 3.15. The topological polar surface area (TPSA) is 29.1 Å². The van der Waals surface area contributed by atoms with Crippen LogP contribution in [0.25, 0.3) is 0 Å². The molecule has 0 aromatic heterocycles. The molecule has 2 heteroatoms. The van der Waals surface area contributed by atoms with Crippen molar-refractivity contribution in [3.63, 3.8) is 0 Å². The lowest BCUT2D eigenvalue weighted by atomic mass is 10.4.